The fourth-order valence-corrected chi connectivity index (χ4v) is 5.11. The second-order valence-electron chi connectivity index (χ2n) is 8.99. The van der Waals surface area contributed by atoms with E-state index in [1.54, 1.807) is 28.6 Å². The van der Waals surface area contributed by atoms with Crippen molar-refractivity contribution >= 4 is 16.0 Å². The van der Waals surface area contributed by atoms with Crippen LogP contribution in [0.25, 0.3) is 0 Å². The van der Waals surface area contributed by atoms with Crippen molar-refractivity contribution in [1.82, 2.24) is 4.31 Å². The molecule has 6 heteroatoms. The van der Waals surface area contributed by atoms with Gasteiger partial charge in [-0.1, -0.05) is 51.5 Å². The number of carbonyl (C=O) groups excluding carboxylic acids is 1. The summed E-state index contributed by atoms with van der Waals surface area (Å²) in [6.07, 6.45) is 2.97. The summed E-state index contributed by atoms with van der Waals surface area (Å²) in [5.41, 5.74) is 2.86. The minimum absolute atomic E-state index is 0.0313. The molecule has 0 atom stereocenters. The summed E-state index contributed by atoms with van der Waals surface area (Å²) >= 11 is 0. The summed E-state index contributed by atoms with van der Waals surface area (Å²) in [5, 5.41) is 0. The molecule has 1 aliphatic rings. The zero-order chi connectivity index (χ0) is 21.9. The van der Waals surface area contributed by atoms with Gasteiger partial charge < -0.3 is 4.74 Å². The molecule has 2 aromatic carbocycles. The van der Waals surface area contributed by atoms with E-state index >= 15 is 0 Å². The van der Waals surface area contributed by atoms with Gasteiger partial charge in [-0.05, 0) is 60.1 Å². The van der Waals surface area contributed by atoms with Crippen LogP contribution in [0.4, 0.5) is 0 Å². The molecule has 0 aliphatic carbocycles. The predicted octanol–water partition coefficient (Wildman–Crippen LogP) is 4.62. The zero-order valence-corrected chi connectivity index (χ0v) is 19.1. The van der Waals surface area contributed by atoms with Gasteiger partial charge in [0.05, 0.1) is 11.3 Å². The molecule has 0 bridgehead atoms. The molecule has 5 nitrogen and oxygen atoms in total. The third-order valence-corrected chi connectivity index (χ3v) is 7.40. The van der Waals surface area contributed by atoms with Crippen molar-refractivity contribution in [2.75, 3.05) is 13.1 Å². The van der Waals surface area contributed by atoms with E-state index in [0.29, 0.717) is 18.8 Å². The second kappa shape index (κ2) is 8.90. The molecule has 0 amide bonds. The van der Waals surface area contributed by atoms with Gasteiger partial charge in [-0.2, -0.15) is 4.31 Å². The van der Waals surface area contributed by atoms with Crippen molar-refractivity contribution in [3.63, 3.8) is 0 Å². The van der Waals surface area contributed by atoms with Crippen LogP contribution in [-0.2, 0) is 26.7 Å². The highest BCUT2D eigenvalue weighted by molar-refractivity contribution is 7.89. The monoisotopic (exact) mass is 429 g/mol. The molecule has 3 rings (SSSR count). The molecule has 0 unspecified atom stereocenters. The molecule has 1 saturated heterocycles. The number of sulfonamides is 1. The largest absolute Gasteiger partial charge is 0.426 e. The number of benzene rings is 2. The molecule has 0 N–H and O–H groups in total. The van der Waals surface area contributed by atoms with Crippen molar-refractivity contribution < 1.29 is 17.9 Å². The number of hydrogen-bond donors (Lipinski definition) is 0. The molecule has 0 aromatic heterocycles. The first kappa shape index (κ1) is 22.5. The first-order valence-electron chi connectivity index (χ1n) is 10.5. The van der Waals surface area contributed by atoms with Crippen LogP contribution in [0.5, 0.6) is 5.75 Å². The Morgan fingerprint density at radius 3 is 2.20 bits per heavy atom. The standard InChI is InChI=1S/C24H31NO4S/c1-18-16-20(24(2,3)4)10-13-22(18)29-23(26)17-19-8-11-21(12-9-19)30(27,28)25-14-6-5-7-15-25/h8-13,16H,5-7,14-15,17H2,1-4H3. The highest BCUT2D eigenvalue weighted by atomic mass is 32.2. The van der Waals surface area contributed by atoms with Crippen molar-refractivity contribution in [2.24, 2.45) is 0 Å². The van der Waals surface area contributed by atoms with Crippen LogP contribution in [0.1, 0.15) is 56.7 Å². The lowest BCUT2D eigenvalue weighted by Crippen LogP contribution is -2.35. The zero-order valence-electron chi connectivity index (χ0n) is 18.3. The van der Waals surface area contributed by atoms with Crippen molar-refractivity contribution in [3.8, 4) is 5.75 Å². The van der Waals surface area contributed by atoms with E-state index < -0.39 is 10.0 Å². The Hall–Kier alpha value is -2.18. The van der Waals surface area contributed by atoms with Crippen LogP contribution in [-0.4, -0.2) is 31.8 Å². The average molecular weight is 430 g/mol. The van der Waals surface area contributed by atoms with E-state index in [4.69, 9.17) is 4.74 Å². The number of esters is 1. The summed E-state index contributed by atoms with van der Waals surface area (Å²) in [6, 6.07) is 12.4. The first-order valence-corrected chi connectivity index (χ1v) is 11.9. The Kier molecular flexibility index (Phi) is 6.68. The van der Waals surface area contributed by atoms with E-state index in [9.17, 15) is 13.2 Å². The van der Waals surface area contributed by atoms with Gasteiger partial charge in [0.2, 0.25) is 10.0 Å². The van der Waals surface area contributed by atoms with Gasteiger partial charge in [0.15, 0.2) is 0 Å². The lowest BCUT2D eigenvalue weighted by atomic mass is 9.86. The number of ether oxygens (including phenoxy) is 1. The van der Waals surface area contributed by atoms with Crippen molar-refractivity contribution in [1.29, 1.82) is 0 Å². The number of piperidine rings is 1. The van der Waals surface area contributed by atoms with Gasteiger partial charge in [0.1, 0.15) is 5.75 Å². The molecule has 162 valence electrons. The van der Waals surface area contributed by atoms with Gasteiger partial charge in [-0.25, -0.2) is 8.42 Å². The smallest absolute Gasteiger partial charge is 0.315 e. The fourth-order valence-electron chi connectivity index (χ4n) is 3.59. The van der Waals surface area contributed by atoms with E-state index in [-0.39, 0.29) is 22.7 Å². The predicted molar refractivity (Wildman–Crippen MR) is 118 cm³/mol. The minimum Gasteiger partial charge on any atom is -0.426 e. The quantitative estimate of drug-likeness (QED) is 0.514. The van der Waals surface area contributed by atoms with E-state index in [1.807, 2.05) is 25.1 Å². The minimum atomic E-state index is -3.46. The molecular weight excluding hydrogens is 398 g/mol. The van der Waals surface area contributed by atoms with E-state index in [2.05, 4.69) is 20.8 Å². The maximum atomic E-state index is 12.7. The highest BCUT2D eigenvalue weighted by Crippen LogP contribution is 2.28. The number of carbonyl (C=O) groups is 1. The van der Waals surface area contributed by atoms with E-state index in [0.717, 1.165) is 30.4 Å². The number of rotatable bonds is 5. The maximum Gasteiger partial charge on any atom is 0.315 e. The van der Waals surface area contributed by atoms with Crippen LogP contribution < -0.4 is 4.74 Å². The molecular formula is C24H31NO4S. The molecule has 0 saturated carbocycles. The Bertz CT molecular complexity index is 998. The van der Waals surface area contributed by atoms with Gasteiger partial charge in [-0.15, -0.1) is 0 Å². The Morgan fingerprint density at radius 1 is 1.00 bits per heavy atom. The average Bonchev–Trinajstić information content (AvgIpc) is 2.70. The summed E-state index contributed by atoms with van der Waals surface area (Å²) in [7, 11) is -3.46. The van der Waals surface area contributed by atoms with Gasteiger partial charge in [-0.3, -0.25) is 4.79 Å². The molecule has 1 fully saturated rings. The number of hydrogen-bond acceptors (Lipinski definition) is 4. The maximum absolute atomic E-state index is 12.7. The topological polar surface area (TPSA) is 63.7 Å². The van der Waals surface area contributed by atoms with E-state index in [1.165, 1.54) is 5.56 Å². The molecule has 2 aromatic rings. The normalized spacial score (nSPS) is 15.7. The SMILES string of the molecule is Cc1cc(C(C)(C)C)ccc1OC(=O)Cc1ccc(S(=O)(=O)N2CCCCC2)cc1. The van der Waals surface area contributed by atoms with Crippen LogP contribution in [0.3, 0.4) is 0 Å². The highest BCUT2D eigenvalue weighted by Gasteiger charge is 2.25. The third kappa shape index (κ3) is 5.29. The Balaban J connectivity index is 1.65. The van der Waals surface area contributed by atoms with Gasteiger partial charge in [0, 0.05) is 13.1 Å². The van der Waals surface area contributed by atoms with Crippen LogP contribution in [0, 0.1) is 6.92 Å². The lowest BCUT2D eigenvalue weighted by Gasteiger charge is -2.25. The van der Waals surface area contributed by atoms with Crippen LogP contribution >= 0.6 is 0 Å². The van der Waals surface area contributed by atoms with Crippen LogP contribution in [0.15, 0.2) is 47.4 Å². The summed E-state index contributed by atoms with van der Waals surface area (Å²) in [5.74, 6) is 0.186. The van der Waals surface area contributed by atoms with Crippen molar-refractivity contribution in [2.45, 2.75) is 63.7 Å². The summed E-state index contributed by atoms with van der Waals surface area (Å²) in [4.78, 5) is 12.7. The Morgan fingerprint density at radius 2 is 1.63 bits per heavy atom. The first-order chi connectivity index (χ1) is 14.1. The fraction of sp³-hybridized carbons (Fsp3) is 0.458. The lowest BCUT2D eigenvalue weighted by molar-refractivity contribution is -0.133. The number of nitrogens with zero attached hydrogens (tertiary/aromatic N) is 1. The molecule has 0 spiro atoms. The molecule has 0 radical (unpaired) electrons. The van der Waals surface area contributed by atoms with Crippen molar-refractivity contribution in [3.05, 3.63) is 59.2 Å². The molecule has 30 heavy (non-hydrogen) atoms. The number of aryl methyl sites for hydroxylation is 1. The molecule has 1 aliphatic heterocycles. The van der Waals surface area contributed by atoms with Crippen LogP contribution in [0.2, 0.25) is 0 Å². The van der Waals surface area contributed by atoms with Gasteiger partial charge in [0.25, 0.3) is 0 Å². The third-order valence-electron chi connectivity index (χ3n) is 5.49. The molecule has 1 heterocycles. The summed E-state index contributed by atoms with van der Waals surface area (Å²) < 4.78 is 32.6. The second-order valence-corrected chi connectivity index (χ2v) is 10.9. The van der Waals surface area contributed by atoms with Gasteiger partial charge >= 0.3 is 5.97 Å². The Labute approximate surface area is 180 Å². The summed E-state index contributed by atoms with van der Waals surface area (Å²) in [6.45, 7) is 9.50.